The van der Waals surface area contributed by atoms with Gasteiger partial charge < -0.3 is 9.84 Å². The number of nitriles is 1. The van der Waals surface area contributed by atoms with Gasteiger partial charge in [0.1, 0.15) is 18.0 Å². The van der Waals surface area contributed by atoms with Gasteiger partial charge in [-0.15, -0.1) is 0 Å². The number of aromatic hydroxyl groups is 1. The van der Waals surface area contributed by atoms with E-state index in [4.69, 9.17) is 4.74 Å². The minimum Gasteiger partial charge on any atom is -0.504 e. The van der Waals surface area contributed by atoms with Crippen LogP contribution in [0.4, 0.5) is 0 Å². The van der Waals surface area contributed by atoms with Gasteiger partial charge in [-0.2, -0.15) is 10.2 Å². The van der Waals surface area contributed by atoms with Gasteiger partial charge in [0.15, 0.2) is 11.5 Å². The molecule has 3 aromatic rings. The van der Waals surface area contributed by atoms with E-state index in [0.717, 1.165) is 10.9 Å². The molecule has 0 atom stereocenters. The van der Waals surface area contributed by atoms with E-state index in [2.05, 4.69) is 4.98 Å². The molecular weight excluding hydrogens is 334 g/mol. The van der Waals surface area contributed by atoms with Crippen molar-refractivity contribution < 1.29 is 14.6 Å². The highest BCUT2D eigenvalue weighted by Gasteiger charge is 2.15. The van der Waals surface area contributed by atoms with Gasteiger partial charge in [0, 0.05) is 0 Å². The van der Waals surface area contributed by atoms with E-state index in [9.17, 15) is 20.0 Å². The Balaban J connectivity index is 2.10. The highest BCUT2D eigenvalue weighted by molar-refractivity contribution is 6.06. The number of para-hydroxylation sites is 1. The molecule has 1 aromatic heterocycles. The number of hydrogen-bond donors (Lipinski definition) is 1. The summed E-state index contributed by atoms with van der Waals surface area (Å²) < 4.78 is 6.18. The first-order valence-electron chi connectivity index (χ1n) is 7.55. The summed E-state index contributed by atoms with van der Waals surface area (Å²) >= 11 is 0. The van der Waals surface area contributed by atoms with Crippen LogP contribution in [-0.2, 0) is 0 Å². The van der Waals surface area contributed by atoms with E-state index < -0.39 is 11.5 Å². The minimum absolute atomic E-state index is 0.0508. The fraction of sp³-hybridized carbons (Fsp3) is 0.0526. The van der Waals surface area contributed by atoms with Crippen molar-refractivity contribution in [2.75, 3.05) is 7.11 Å². The normalized spacial score (nSPS) is 11.2. The third-order valence-corrected chi connectivity index (χ3v) is 3.77. The van der Waals surface area contributed by atoms with Crippen molar-refractivity contribution in [1.82, 2.24) is 9.55 Å². The van der Waals surface area contributed by atoms with Gasteiger partial charge in [-0.3, -0.25) is 14.2 Å². The largest absolute Gasteiger partial charge is 0.504 e. The SMILES string of the molecule is COc1cc(/C=C(\C#N)C(=O)n2cnc(=O)c3ccccc32)ccc1O. The first kappa shape index (κ1) is 16.9. The summed E-state index contributed by atoms with van der Waals surface area (Å²) in [7, 11) is 1.40. The van der Waals surface area contributed by atoms with E-state index >= 15 is 0 Å². The molecule has 1 N–H and O–H groups in total. The molecule has 0 aliphatic rings. The number of carbonyl (C=O) groups excluding carboxylic acids is 1. The van der Waals surface area contributed by atoms with Crippen LogP contribution in [0, 0.1) is 11.3 Å². The second-order valence-electron chi connectivity index (χ2n) is 5.34. The number of benzene rings is 2. The van der Waals surface area contributed by atoms with Crippen LogP contribution in [0.1, 0.15) is 10.4 Å². The number of nitrogens with zero attached hydrogens (tertiary/aromatic N) is 3. The Labute approximate surface area is 148 Å². The zero-order valence-electron chi connectivity index (χ0n) is 13.7. The molecule has 0 amide bonds. The lowest BCUT2D eigenvalue weighted by Crippen LogP contribution is -2.19. The molecule has 0 spiro atoms. The number of hydrogen-bond acceptors (Lipinski definition) is 6. The maximum absolute atomic E-state index is 12.8. The highest BCUT2D eigenvalue weighted by atomic mass is 16.5. The molecule has 3 rings (SSSR count). The Kier molecular flexibility index (Phi) is 4.50. The third kappa shape index (κ3) is 3.03. The highest BCUT2D eigenvalue weighted by Crippen LogP contribution is 2.27. The number of fused-ring (bicyclic) bond motifs is 1. The Morgan fingerprint density at radius 2 is 2.08 bits per heavy atom. The molecule has 0 radical (unpaired) electrons. The summed E-state index contributed by atoms with van der Waals surface area (Å²) in [6.07, 6.45) is 2.48. The number of phenolic OH excluding ortho intramolecular Hbond substituents is 1. The monoisotopic (exact) mass is 347 g/mol. The molecule has 128 valence electrons. The van der Waals surface area contributed by atoms with E-state index in [-0.39, 0.29) is 22.5 Å². The molecule has 7 nitrogen and oxygen atoms in total. The van der Waals surface area contributed by atoms with Crippen molar-refractivity contribution in [1.29, 1.82) is 5.26 Å². The number of phenols is 1. The summed E-state index contributed by atoms with van der Waals surface area (Å²) in [5, 5.41) is 19.3. The fourth-order valence-electron chi connectivity index (χ4n) is 2.49. The Morgan fingerprint density at radius 3 is 2.81 bits per heavy atom. The molecule has 1 heterocycles. The number of methoxy groups -OCH3 is 1. The first-order valence-corrected chi connectivity index (χ1v) is 7.55. The van der Waals surface area contributed by atoms with Crippen LogP contribution in [0.2, 0.25) is 0 Å². The molecule has 0 aliphatic heterocycles. The Hall–Kier alpha value is -3.92. The molecule has 0 bridgehead atoms. The summed E-state index contributed by atoms with van der Waals surface area (Å²) in [5.74, 6) is -0.452. The summed E-state index contributed by atoms with van der Waals surface area (Å²) in [5.41, 5.74) is 0.258. The number of aromatic nitrogens is 2. The zero-order chi connectivity index (χ0) is 18.7. The number of rotatable bonds is 3. The van der Waals surface area contributed by atoms with Gasteiger partial charge in [0.2, 0.25) is 0 Å². The van der Waals surface area contributed by atoms with Crippen LogP contribution in [0.25, 0.3) is 17.0 Å². The first-order chi connectivity index (χ1) is 12.5. The van der Waals surface area contributed by atoms with Crippen molar-refractivity contribution >= 4 is 22.9 Å². The second kappa shape index (κ2) is 6.91. The van der Waals surface area contributed by atoms with Gasteiger partial charge in [-0.1, -0.05) is 18.2 Å². The standard InChI is InChI=1S/C19H13N3O4/c1-26-17-9-12(6-7-16(17)23)8-13(10-20)19(25)22-11-21-18(24)14-4-2-3-5-15(14)22/h2-9,11,23H,1H3/b13-8+. The lowest BCUT2D eigenvalue weighted by atomic mass is 10.1. The average molecular weight is 347 g/mol. The topological polar surface area (TPSA) is 105 Å². The Bertz CT molecular complexity index is 1140. The maximum atomic E-state index is 12.8. The number of ether oxygens (including phenoxy) is 1. The lowest BCUT2D eigenvalue weighted by molar-refractivity contribution is 0.0964. The number of carbonyl (C=O) groups is 1. The van der Waals surface area contributed by atoms with Gasteiger partial charge in [-0.25, -0.2) is 0 Å². The number of allylic oxidation sites excluding steroid dienone is 1. The van der Waals surface area contributed by atoms with Gasteiger partial charge >= 0.3 is 0 Å². The second-order valence-corrected chi connectivity index (χ2v) is 5.34. The molecule has 0 fully saturated rings. The van der Waals surface area contributed by atoms with Crippen LogP contribution in [-0.4, -0.2) is 27.7 Å². The minimum atomic E-state index is -0.622. The van der Waals surface area contributed by atoms with Gasteiger partial charge in [-0.05, 0) is 35.9 Å². The fourth-order valence-corrected chi connectivity index (χ4v) is 2.49. The molecule has 2 aromatic carbocycles. The molecule has 0 saturated carbocycles. The van der Waals surface area contributed by atoms with Crippen molar-refractivity contribution in [2.45, 2.75) is 0 Å². The van der Waals surface area contributed by atoms with E-state index in [1.807, 2.05) is 6.07 Å². The van der Waals surface area contributed by atoms with Crippen LogP contribution < -0.4 is 10.3 Å². The van der Waals surface area contributed by atoms with Crippen molar-refractivity contribution in [3.8, 4) is 17.6 Å². The van der Waals surface area contributed by atoms with Crippen LogP contribution in [0.5, 0.6) is 11.5 Å². The van der Waals surface area contributed by atoms with Crippen LogP contribution in [0.3, 0.4) is 0 Å². The Morgan fingerprint density at radius 1 is 1.31 bits per heavy atom. The zero-order valence-corrected chi connectivity index (χ0v) is 13.7. The van der Waals surface area contributed by atoms with E-state index in [0.29, 0.717) is 11.1 Å². The maximum Gasteiger partial charge on any atom is 0.280 e. The molecule has 0 saturated heterocycles. The predicted octanol–water partition coefficient (Wildman–Crippen LogP) is 2.36. The molecule has 7 heteroatoms. The predicted molar refractivity (Wildman–Crippen MR) is 94.9 cm³/mol. The quantitative estimate of drug-likeness (QED) is 0.576. The summed E-state index contributed by atoms with van der Waals surface area (Å²) in [6, 6.07) is 12.8. The summed E-state index contributed by atoms with van der Waals surface area (Å²) in [6.45, 7) is 0. The third-order valence-electron chi connectivity index (χ3n) is 3.77. The van der Waals surface area contributed by atoms with Crippen molar-refractivity contribution in [3.63, 3.8) is 0 Å². The van der Waals surface area contributed by atoms with Crippen molar-refractivity contribution in [3.05, 3.63) is 70.3 Å². The van der Waals surface area contributed by atoms with Gasteiger partial charge in [0.25, 0.3) is 11.5 Å². The van der Waals surface area contributed by atoms with Crippen molar-refractivity contribution in [2.24, 2.45) is 0 Å². The van der Waals surface area contributed by atoms with Crippen LogP contribution >= 0.6 is 0 Å². The smallest absolute Gasteiger partial charge is 0.280 e. The summed E-state index contributed by atoms with van der Waals surface area (Å²) in [4.78, 5) is 28.3. The molecular formula is C19H13N3O4. The average Bonchev–Trinajstić information content (AvgIpc) is 2.67. The van der Waals surface area contributed by atoms with Gasteiger partial charge in [0.05, 0.1) is 18.0 Å². The van der Waals surface area contributed by atoms with Crippen LogP contribution in [0.15, 0.2) is 59.2 Å². The van der Waals surface area contributed by atoms with E-state index in [1.165, 1.54) is 25.3 Å². The van der Waals surface area contributed by atoms with E-state index in [1.54, 1.807) is 30.3 Å². The molecule has 26 heavy (non-hydrogen) atoms. The molecule has 0 aliphatic carbocycles. The lowest BCUT2D eigenvalue weighted by Gasteiger charge is -2.08. The molecule has 0 unspecified atom stereocenters.